The van der Waals surface area contributed by atoms with Gasteiger partial charge in [-0.05, 0) is 75.5 Å². The number of aromatic nitrogens is 1. The molecule has 2 fully saturated rings. The number of rotatable bonds is 6. The largest absolute Gasteiger partial charge is 0.359 e. The number of benzene rings is 1. The van der Waals surface area contributed by atoms with E-state index in [1.807, 2.05) is 12.1 Å². The van der Waals surface area contributed by atoms with Crippen LogP contribution in [0.25, 0.3) is 0 Å². The fraction of sp³-hybridized carbons (Fsp3) is 0.545. The third-order valence-corrected chi connectivity index (χ3v) is 5.86. The monoisotopic (exact) mass is 382 g/mol. The van der Waals surface area contributed by atoms with Gasteiger partial charge in [-0.2, -0.15) is 0 Å². The number of amides is 1. The molecule has 1 aromatic carbocycles. The van der Waals surface area contributed by atoms with Crippen LogP contribution < -0.4 is 5.32 Å². The first kappa shape index (κ1) is 19.2. The van der Waals surface area contributed by atoms with Gasteiger partial charge in [-0.15, -0.1) is 0 Å². The molecular weight excluding hydrogens is 352 g/mol. The smallest absolute Gasteiger partial charge is 0.277 e. The number of nitrogens with one attached hydrogen (secondary N) is 1. The first-order valence-corrected chi connectivity index (χ1v) is 10.5. The fourth-order valence-corrected chi connectivity index (χ4v) is 4.02. The molecule has 150 valence electrons. The molecule has 1 aromatic heterocycles. The molecular formula is C22H30N4O2. The van der Waals surface area contributed by atoms with Crippen LogP contribution in [-0.2, 0) is 13.1 Å². The Morgan fingerprint density at radius 1 is 1.07 bits per heavy atom. The van der Waals surface area contributed by atoms with Gasteiger partial charge in [-0.25, -0.2) is 0 Å². The Balaban J connectivity index is 1.29. The van der Waals surface area contributed by atoms with Gasteiger partial charge in [0, 0.05) is 18.3 Å². The minimum absolute atomic E-state index is 0.228. The molecule has 2 aliphatic heterocycles. The van der Waals surface area contributed by atoms with Crippen molar-refractivity contribution >= 4 is 11.6 Å². The summed E-state index contributed by atoms with van der Waals surface area (Å²) in [6, 6.07) is 9.86. The number of hydrogen-bond acceptors (Lipinski definition) is 5. The first-order valence-electron chi connectivity index (χ1n) is 10.5. The van der Waals surface area contributed by atoms with Crippen molar-refractivity contribution in [1.29, 1.82) is 0 Å². The molecule has 0 bridgehead atoms. The van der Waals surface area contributed by atoms with Crippen molar-refractivity contribution in [3.8, 4) is 0 Å². The van der Waals surface area contributed by atoms with Crippen molar-refractivity contribution in [2.24, 2.45) is 5.92 Å². The normalized spacial score (nSPS) is 19.2. The Morgan fingerprint density at radius 3 is 2.46 bits per heavy atom. The molecule has 1 amide bonds. The van der Waals surface area contributed by atoms with Crippen LogP contribution in [0.4, 0.5) is 5.69 Å². The number of carbonyl (C=O) groups is 1. The zero-order chi connectivity index (χ0) is 19.3. The summed E-state index contributed by atoms with van der Waals surface area (Å²) in [6.07, 6.45) is 5.03. The summed E-state index contributed by atoms with van der Waals surface area (Å²) in [7, 11) is 0. The zero-order valence-corrected chi connectivity index (χ0v) is 16.7. The molecule has 6 heteroatoms. The second-order valence-corrected chi connectivity index (χ2v) is 8.27. The van der Waals surface area contributed by atoms with Gasteiger partial charge in [0.05, 0.1) is 6.54 Å². The van der Waals surface area contributed by atoms with Crippen LogP contribution >= 0.6 is 0 Å². The molecule has 3 heterocycles. The van der Waals surface area contributed by atoms with E-state index in [-0.39, 0.29) is 5.91 Å². The highest BCUT2D eigenvalue weighted by molar-refractivity contribution is 6.02. The number of carbonyl (C=O) groups excluding carboxylic acids is 1. The molecule has 0 atom stereocenters. The average molecular weight is 383 g/mol. The molecule has 2 aliphatic rings. The number of hydrogen-bond donors (Lipinski definition) is 1. The number of nitrogens with zero attached hydrogens (tertiary/aromatic N) is 3. The second kappa shape index (κ2) is 8.88. The quantitative estimate of drug-likeness (QED) is 0.824. The van der Waals surface area contributed by atoms with E-state index in [1.165, 1.54) is 44.3 Å². The van der Waals surface area contributed by atoms with Crippen LogP contribution in [0.1, 0.15) is 54.4 Å². The summed E-state index contributed by atoms with van der Waals surface area (Å²) in [5.41, 5.74) is 2.40. The van der Waals surface area contributed by atoms with Gasteiger partial charge in [0.25, 0.3) is 5.91 Å². The van der Waals surface area contributed by atoms with Gasteiger partial charge in [-0.1, -0.05) is 24.2 Å². The maximum atomic E-state index is 12.4. The van der Waals surface area contributed by atoms with E-state index < -0.39 is 0 Å². The minimum atomic E-state index is -0.228. The SMILES string of the molecule is CC1CCN(Cc2ccc(NC(=O)c3cc(CN4CCCC4)on3)cc2)CC1. The Labute approximate surface area is 166 Å². The van der Waals surface area contributed by atoms with E-state index in [0.717, 1.165) is 43.5 Å². The predicted octanol–water partition coefficient (Wildman–Crippen LogP) is 3.75. The first-order chi connectivity index (χ1) is 13.7. The lowest BCUT2D eigenvalue weighted by atomic mass is 9.99. The average Bonchev–Trinajstić information content (AvgIpc) is 3.38. The summed E-state index contributed by atoms with van der Waals surface area (Å²) in [5, 5.41) is 6.85. The molecule has 0 radical (unpaired) electrons. The summed E-state index contributed by atoms with van der Waals surface area (Å²) in [6.45, 7) is 8.56. The lowest BCUT2D eigenvalue weighted by Crippen LogP contribution is -2.32. The van der Waals surface area contributed by atoms with Gasteiger partial charge in [-0.3, -0.25) is 14.6 Å². The van der Waals surface area contributed by atoms with Crippen LogP contribution in [0.15, 0.2) is 34.9 Å². The number of likely N-dealkylation sites (tertiary alicyclic amines) is 2. The summed E-state index contributed by atoms with van der Waals surface area (Å²) >= 11 is 0. The lowest BCUT2D eigenvalue weighted by molar-refractivity contribution is 0.101. The molecule has 0 aliphatic carbocycles. The summed E-state index contributed by atoms with van der Waals surface area (Å²) in [4.78, 5) is 17.3. The minimum Gasteiger partial charge on any atom is -0.359 e. The topological polar surface area (TPSA) is 61.6 Å². The summed E-state index contributed by atoms with van der Waals surface area (Å²) in [5.74, 6) is 1.37. The van der Waals surface area contributed by atoms with Crippen molar-refractivity contribution in [3.63, 3.8) is 0 Å². The third kappa shape index (κ3) is 5.00. The van der Waals surface area contributed by atoms with Crippen molar-refractivity contribution in [2.45, 2.75) is 45.7 Å². The van der Waals surface area contributed by atoms with Crippen LogP contribution in [0, 0.1) is 5.92 Å². The van der Waals surface area contributed by atoms with Gasteiger partial charge < -0.3 is 9.84 Å². The molecule has 4 rings (SSSR count). The van der Waals surface area contributed by atoms with Crippen molar-refractivity contribution < 1.29 is 9.32 Å². The van der Waals surface area contributed by atoms with Gasteiger partial charge in [0.2, 0.25) is 0 Å². The molecule has 0 unspecified atom stereocenters. The van der Waals surface area contributed by atoms with Crippen LogP contribution in [-0.4, -0.2) is 47.0 Å². The highest BCUT2D eigenvalue weighted by Gasteiger charge is 2.18. The van der Waals surface area contributed by atoms with Crippen LogP contribution in [0.3, 0.4) is 0 Å². The highest BCUT2D eigenvalue weighted by Crippen LogP contribution is 2.19. The molecule has 1 N–H and O–H groups in total. The van der Waals surface area contributed by atoms with Gasteiger partial charge in [0.15, 0.2) is 11.5 Å². The van der Waals surface area contributed by atoms with Crippen molar-refractivity contribution in [1.82, 2.24) is 15.0 Å². The van der Waals surface area contributed by atoms with E-state index in [2.05, 4.69) is 39.3 Å². The molecule has 2 aromatic rings. The van der Waals surface area contributed by atoms with E-state index in [1.54, 1.807) is 6.07 Å². The summed E-state index contributed by atoms with van der Waals surface area (Å²) < 4.78 is 5.34. The van der Waals surface area contributed by atoms with E-state index in [4.69, 9.17) is 4.52 Å². The molecule has 28 heavy (non-hydrogen) atoms. The highest BCUT2D eigenvalue weighted by atomic mass is 16.5. The predicted molar refractivity (Wildman–Crippen MR) is 109 cm³/mol. The fourth-order valence-electron chi connectivity index (χ4n) is 4.02. The van der Waals surface area contributed by atoms with Crippen molar-refractivity contribution in [3.05, 3.63) is 47.3 Å². The van der Waals surface area contributed by atoms with E-state index in [0.29, 0.717) is 5.69 Å². The molecule has 0 spiro atoms. The van der Waals surface area contributed by atoms with Crippen LogP contribution in [0.5, 0.6) is 0 Å². The molecule has 6 nitrogen and oxygen atoms in total. The third-order valence-electron chi connectivity index (χ3n) is 5.86. The number of piperidine rings is 1. The van der Waals surface area contributed by atoms with E-state index in [9.17, 15) is 4.79 Å². The van der Waals surface area contributed by atoms with Gasteiger partial charge >= 0.3 is 0 Å². The standard InChI is InChI=1S/C22H30N4O2/c1-17-8-12-26(13-9-17)15-18-4-6-19(7-5-18)23-22(27)21-14-20(28-24-21)16-25-10-2-3-11-25/h4-7,14,17H,2-3,8-13,15-16H2,1H3,(H,23,27). The van der Waals surface area contributed by atoms with Crippen LogP contribution in [0.2, 0.25) is 0 Å². The van der Waals surface area contributed by atoms with Gasteiger partial charge in [0.1, 0.15) is 0 Å². The Bertz CT molecular complexity index is 772. The van der Waals surface area contributed by atoms with E-state index >= 15 is 0 Å². The van der Waals surface area contributed by atoms with Crippen molar-refractivity contribution in [2.75, 3.05) is 31.5 Å². The zero-order valence-electron chi connectivity index (χ0n) is 16.7. The Hall–Kier alpha value is -2.18. The second-order valence-electron chi connectivity index (χ2n) is 8.27. The number of anilines is 1. The molecule has 2 saturated heterocycles. The Morgan fingerprint density at radius 2 is 1.75 bits per heavy atom. The maximum absolute atomic E-state index is 12.4. The lowest BCUT2D eigenvalue weighted by Gasteiger charge is -2.30. The Kier molecular flexibility index (Phi) is 6.07. The maximum Gasteiger partial charge on any atom is 0.277 e. The molecule has 0 saturated carbocycles.